The van der Waals surface area contributed by atoms with E-state index < -0.39 is 0 Å². The molecule has 1 amide bonds. The molecule has 0 unspecified atom stereocenters. The fourth-order valence-corrected chi connectivity index (χ4v) is 2.20. The van der Waals surface area contributed by atoms with Crippen molar-refractivity contribution in [3.63, 3.8) is 0 Å². The Kier molecular flexibility index (Phi) is 5.59. The first-order valence-corrected chi connectivity index (χ1v) is 7.33. The molecule has 0 aromatic heterocycles. The quantitative estimate of drug-likeness (QED) is 0.794. The van der Waals surface area contributed by atoms with Crippen molar-refractivity contribution < 1.29 is 4.79 Å². The van der Waals surface area contributed by atoms with E-state index in [1.165, 1.54) is 0 Å². The van der Waals surface area contributed by atoms with Crippen molar-refractivity contribution in [1.29, 1.82) is 0 Å². The van der Waals surface area contributed by atoms with Gasteiger partial charge in [0.15, 0.2) is 0 Å². The SMILES string of the molecule is CCC(N)(CC)CNC(=O)c1cccc(I)c1C. The molecule has 0 bridgehead atoms. The smallest absolute Gasteiger partial charge is 0.251 e. The summed E-state index contributed by atoms with van der Waals surface area (Å²) in [6, 6.07) is 5.75. The highest BCUT2D eigenvalue weighted by molar-refractivity contribution is 14.1. The molecule has 100 valence electrons. The molecule has 0 atom stereocenters. The molecule has 0 heterocycles. The summed E-state index contributed by atoms with van der Waals surface area (Å²) in [5.74, 6) is -0.0391. The lowest BCUT2D eigenvalue weighted by molar-refractivity contribution is 0.0941. The minimum absolute atomic E-state index is 0.0391. The van der Waals surface area contributed by atoms with Crippen molar-refractivity contribution in [1.82, 2.24) is 5.32 Å². The van der Waals surface area contributed by atoms with Gasteiger partial charge in [-0.05, 0) is 60.1 Å². The zero-order chi connectivity index (χ0) is 13.8. The van der Waals surface area contributed by atoms with Crippen molar-refractivity contribution in [2.45, 2.75) is 39.2 Å². The van der Waals surface area contributed by atoms with Gasteiger partial charge >= 0.3 is 0 Å². The predicted molar refractivity (Wildman–Crippen MR) is 83.7 cm³/mol. The highest BCUT2D eigenvalue weighted by Crippen LogP contribution is 2.16. The molecule has 0 aliphatic heterocycles. The number of carbonyl (C=O) groups excluding carboxylic acids is 1. The van der Waals surface area contributed by atoms with Crippen molar-refractivity contribution in [2.75, 3.05) is 6.54 Å². The number of nitrogens with one attached hydrogen (secondary N) is 1. The molecule has 1 aromatic carbocycles. The van der Waals surface area contributed by atoms with Gasteiger partial charge in [0.25, 0.3) is 5.91 Å². The number of hydrogen-bond acceptors (Lipinski definition) is 2. The van der Waals surface area contributed by atoms with Gasteiger partial charge in [-0.3, -0.25) is 4.79 Å². The van der Waals surface area contributed by atoms with Crippen molar-refractivity contribution >= 4 is 28.5 Å². The van der Waals surface area contributed by atoms with Gasteiger partial charge in [-0.15, -0.1) is 0 Å². The number of amides is 1. The van der Waals surface area contributed by atoms with Gasteiger partial charge in [-0.1, -0.05) is 19.9 Å². The Labute approximate surface area is 123 Å². The van der Waals surface area contributed by atoms with Gasteiger partial charge in [0.05, 0.1) is 0 Å². The molecule has 0 saturated heterocycles. The molecule has 0 spiro atoms. The highest BCUT2D eigenvalue weighted by Gasteiger charge is 2.21. The average Bonchev–Trinajstić information content (AvgIpc) is 2.39. The maximum atomic E-state index is 12.1. The predicted octanol–water partition coefficient (Wildman–Crippen LogP) is 2.85. The lowest BCUT2D eigenvalue weighted by Crippen LogP contribution is -2.49. The van der Waals surface area contributed by atoms with E-state index in [1.54, 1.807) is 0 Å². The normalized spacial score (nSPS) is 11.4. The summed E-state index contributed by atoms with van der Waals surface area (Å²) < 4.78 is 1.10. The molecular formula is C14H21IN2O. The van der Waals surface area contributed by atoms with Crippen LogP contribution in [0.15, 0.2) is 18.2 Å². The summed E-state index contributed by atoms with van der Waals surface area (Å²) in [5, 5.41) is 2.94. The Hall–Kier alpha value is -0.620. The summed E-state index contributed by atoms with van der Waals surface area (Å²) >= 11 is 2.24. The molecule has 0 aliphatic carbocycles. The van der Waals surface area contributed by atoms with E-state index in [4.69, 9.17) is 5.73 Å². The van der Waals surface area contributed by atoms with E-state index >= 15 is 0 Å². The third-order valence-electron chi connectivity index (χ3n) is 3.52. The van der Waals surface area contributed by atoms with Crippen LogP contribution in [0.2, 0.25) is 0 Å². The third kappa shape index (κ3) is 3.68. The van der Waals surface area contributed by atoms with Crippen LogP contribution in [0.4, 0.5) is 0 Å². The van der Waals surface area contributed by atoms with Crippen molar-refractivity contribution in [2.24, 2.45) is 5.73 Å². The molecular weight excluding hydrogens is 339 g/mol. The maximum Gasteiger partial charge on any atom is 0.251 e. The van der Waals surface area contributed by atoms with Crippen LogP contribution in [0.1, 0.15) is 42.6 Å². The summed E-state index contributed by atoms with van der Waals surface area (Å²) in [6.07, 6.45) is 1.71. The van der Waals surface area contributed by atoms with E-state index in [-0.39, 0.29) is 11.4 Å². The Balaban J connectivity index is 2.75. The standard InChI is InChI=1S/C14H21IN2O/c1-4-14(16,5-2)9-17-13(18)11-7-6-8-12(15)10(11)3/h6-8H,4-5,9,16H2,1-3H3,(H,17,18). The second-order valence-electron chi connectivity index (χ2n) is 4.66. The molecule has 3 nitrogen and oxygen atoms in total. The molecule has 0 aliphatic rings. The number of carbonyl (C=O) groups is 1. The van der Waals surface area contributed by atoms with Crippen LogP contribution in [0.25, 0.3) is 0 Å². The first-order chi connectivity index (χ1) is 8.43. The first-order valence-electron chi connectivity index (χ1n) is 6.25. The monoisotopic (exact) mass is 360 g/mol. The van der Waals surface area contributed by atoms with Crippen molar-refractivity contribution in [3.8, 4) is 0 Å². The summed E-state index contributed by atoms with van der Waals surface area (Å²) in [4.78, 5) is 12.1. The number of rotatable bonds is 5. The maximum absolute atomic E-state index is 12.1. The second-order valence-corrected chi connectivity index (χ2v) is 5.83. The number of halogens is 1. The number of benzene rings is 1. The Bertz CT molecular complexity index is 428. The average molecular weight is 360 g/mol. The third-order valence-corrected chi connectivity index (χ3v) is 4.69. The van der Waals surface area contributed by atoms with E-state index in [1.807, 2.05) is 39.0 Å². The summed E-state index contributed by atoms with van der Waals surface area (Å²) in [6.45, 7) is 6.58. The van der Waals surface area contributed by atoms with Crippen LogP contribution in [-0.2, 0) is 0 Å². The molecule has 0 saturated carbocycles. The van der Waals surface area contributed by atoms with Gasteiger partial charge in [0.2, 0.25) is 0 Å². The Morgan fingerprint density at radius 3 is 2.56 bits per heavy atom. The minimum Gasteiger partial charge on any atom is -0.350 e. The summed E-state index contributed by atoms with van der Waals surface area (Å²) in [5.41, 5.74) is 7.63. The summed E-state index contributed by atoms with van der Waals surface area (Å²) in [7, 11) is 0. The lowest BCUT2D eigenvalue weighted by atomic mass is 9.94. The van der Waals surface area contributed by atoms with Crippen LogP contribution in [0, 0.1) is 10.5 Å². The molecule has 1 aromatic rings. The Morgan fingerprint density at radius 2 is 2.00 bits per heavy atom. The van der Waals surface area contributed by atoms with Crippen LogP contribution in [0.5, 0.6) is 0 Å². The largest absolute Gasteiger partial charge is 0.350 e. The van der Waals surface area contributed by atoms with Gasteiger partial charge in [-0.25, -0.2) is 0 Å². The molecule has 1 rings (SSSR count). The zero-order valence-corrected chi connectivity index (χ0v) is 13.4. The van der Waals surface area contributed by atoms with Crippen LogP contribution in [-0.4, -0.2) is 18.0 Å². The molecule has 4 heteroatoms. The van der Waals surface area contributed by atoms with E-state index in [0.717, 1.165) is 27.5 Å². The fourth-order valence-electron chi connectivity index (χ4n) is 1.70. The van der Waals surface area contributed by atoms with Gasteiger partial charge in [-0.2, -0.15) is 0 Å². The van der Waals surface area contributed by atoms with Crippen LogP contribution in [0.3, 0.4) is 0 Å². The van der Waals surface area contributed by atoms with Gasteiger partial charge in [0.1, 0.15) is 0 Å². The zero-order valence-electron chi connectivity index (χ0n) is 11.2. The highest BCUT2D eigenvalue weighted by atomic mass is 127. The van der Waals surface area contributed by atoms with E-state index in [0.29, 0.717) is 6.54 Å². The molecule has 3 N–H and O–H groups in total. The topological polar surface area (TPSA) is 55.1 Å². The molecule has 0 fully saturated rings. The van der Waals surface area contributed by atoms with Gasteiger partial charge in [0, 0.05) is 21.2 Å². The Morgan fingerprint density at radius 1 is 1.39 bits per heavy atom. The number of hydrogen-bond donors (Lipinski definition) is 2. The molecule has 18 heavy (non-hydrogen) atoms. The van der Waals surface area contributed by atoms with E-state index in [9.17, 15) is 4.79 Å². The lowest BCUT2D eigenvalue weighted by Gasteiger charge is -2.27. The fraction of sp³-hybridized carbons (Fsp3) is 0.500. The molecule has 0 radical (unpaired) electrons. The van der Waals surface area contributed by atoms with Gasteiger partial charge < -0.3 is 11.1 Å². The second kappa shape index (κ2) is 6.52. The first kappa shape index (κ1) is 15.4. The van der Waals surface area contributed by atoms with E-state index in [2.05, 4.69) is 27.9 Å². The minimum atomic E-state index is -0.300. The number of nitrogens with two attached hydrogens (primary N) is 1. The van der Waals surface area contributed by atoms with Crippen molar-refractivity contribution in [3.05, 3.63) is 32.9 Å². The van der Waals surface area contributed by atoms with Crippen LogP contribution >= 0.6 is 22.6 Å². The van der Waals surface area contributed by atoms with Crippen LogP contribution < -0.4 is 11.1 Å².